The average Bonchev–Trinajstić information content (AvgIpc) is 3.31. The van der Waals surface area contributed by atoms with E-state index in [1.165, 1.54) is 23.1 Å². The van der Waals surface area contributed by atoms with Crippen LogP contribution in [0.25, 0.3) is 10.8 Å². The van der Waals surface area contributed by atoms with Gasteiger partial charge >= 0.3 is 5.97 Å². The summed E-state index contributed by atoms with van der Waals surface area (Å²) in [6.07, 6.45) is 3.18. The van der Waals surface area contributed by atoms with Crippen LogP contribution in [-0.4, -0.2) is 33.4 Å². The molecule has 0 aliphatic rings. The average molecular weight is 483 g/mol. The molecule has 2 aromatic heterocycles. The molecule has 0 saturated carbocycles. The molecule has 0 fully saturated rings. The lowest BCUT2D eigenvalue weighted by Gasteiger charge is -2.11. The van der Waals surface area contributed by atoms with Crippen LogP contribution in [0.3, 0.4) is 0 Å². The monoisotopic (exact) mass is 482 g/mol. The smallest absolute Gasteiger partial charge is 0.358 e. The molecule has 1 N–H and O–H groups in total. The highest BCUT2D eigenvalue weighted by molar-refractivity contribution is 7.99. The van der Waals surface area contributed by atoms with Gasteiger partial charge in [-0.15, -0.1) is 11.3 Å². The van der Waals surface area contributed by atoms with Gasteiger partial charge in [0, 0.05) is 32.6 Å². The summed E-state index contributed by atoms with van der Waals surface area (Å²) in [5.74, 6) is -0.726. The Morgan fingerprint density at radius 2 is 1.78 bits per heavy atom. The predicted octanol–water partition coefficient (Wildman–Crippen LogP) is 5.20. The molecule has 32 heavy (non-hydrogen) atoms. The summed E-state index contributed by atoms with van der Waals surface area (Å²) in [5.41, 5.74) is 0.717. The Kier molecular flexibility index (Phi) is 7.10. The fourth-order valence-corrected chi connectivity index (χ4v) is 4.32. The standard InChI is InChI=1S/C22H15ClN4O3S2/c23-14-6-8-15(9-7-14)32-18-5-2-1-4-16(18)26-19(28)12-30-22(29)17-13-31-21(27-17)20-24-10-3-11-25-20/h1-11,13H,12H2,(H,26,28). The van der Waals surface area contributed by atoms with E-state index < -0.39 is 18.5 Å². The lowest BCUT2D eigenvalue weighted by molar-refractivity contribution is -0.119. The molecule has 10 heteroatoms. The molecule has 0 spiro atoms. The zero-order valence-electron chi connectivity index (χ0n) is 16.4. The van der Waals surface area contributed by atoms with Crippen molar-refractivity contribution in [2.45, 2.75) is 9.79 Å². The van der Waals surface area contributed by atoms with Crippen LogP contribution in [0.5, 0.6) is 0 Å². The van der Waals surface area contributed by atoms with Gasteiger partial charge in [-0.2, -0.15) is 0 Å². The number of hydrogen-bond acceptors (Lipinski definition) is 8. The molecule has 2 aromatic carbocycles. The number of halogens is 1. The van der Waals surface area contributed by atoms with Crippen molar-refractivity contribution in [3.05, 3.63) is 83.1 Å². The number of ether oxygens (including phenoxy) is 1. The first-order chi connectivity index (χ1) is 15.6. The first-order valence-electron chi connectivity index (χ1n) is 9.31. The Labute approximate surface area is 196 Å². The molecular formula is C22H15ClN4O3S2. The molecule has 0 saturated heterocycles. The van der Waals surface area contributed by atoms with E-state index in [0.717, 1.165) is 9.79 Å². The Morgan fingerprint density at radius 3 is 2.56 bits per heavy atom. The highest BCUT2D eigenvalue weighted by Crippen LogP contribution is 2.33. The summed E-state index contributed by atoms with van der Waals surface area (Å²) in [6, 6.07) is 16.5. The molecule has 4 aromatic rings. The van der Waals surface area contributed by atoms with Crippen LogP contribution in [0.15, 0.2) is 82.2 Å². The minimum atomic E-state index is -0.692. The Morgan fingerprint density at radius 1 is 1.03 bits per heavy atom. The third-order valence-corrected chi connectivity index (χ3v) is 6.18. The maximum Gasteiger partial charge on any atom is 0.358 e. The van der Waals surface area contributed by atoms with E-state index in [4.69, 9.17) is 16.3 Å². The second-order valence-electron chi connectivity index (χ2n) is 6.29. The first kappa shape index (κ1) is 21.9. The van der Waals surface area contributed by atoms with Gasteiger partial charge in [-0.05, 0) is 42.5 Å². The van der Waals surface area contributed by atoms with Crippen molar-refractivity contribution in [3.8, 4) is 10.8 Å². The second-order valence-corrected chi connectivity index (χ2v) is 8.70. The number of carbonyl (C=O) groups excluding carboxylic acids is 2. The van der Waals surface area contributed by atoms with Crippen molar-refractivity contribution in [1.82, 2.24) is 15.0 Å². The van der Waals surface area contributed by atoms with Gasteiger partial charge in [0.2, 0.25) is 0 Å². The lowest BCUT2D eigenvalue weighted by atomic mass is 10.3. The summed E-state index contributed by atoms with van der Waals surface area (Å²) in [6.45, 7) is -0.437. The SMILES string of the molecule is O=C(COC(=O)c1csc(-c2ncccn2)n1)Nc1ccccc1Sc1ccc(Cl)cc1. The van der Waals surface area contributed by atoms with Gasteiger partial charge in [-0.3, -0.25) is 4.79 Å². The molecule has 0 atom stereocenters. The van der Waals surface area contributed by atoms with Crippen LogP contribution < -0.4 is 5.32 Å². The topological polar surface area (TPSA) is 94.1 Å². The molecule has 160 valence electrons. The third kappa shape index (κ3) is 5.70. The van der Waals surface area contributed by atoms with Gasteiger partial charge in [0.1, 0.15) is 0 Å². The lowest BCUT2D eigenvalue weighted by Crippen LogP contribution is -2.21. The fraction of sp³-hybridized carbons (Fsp3) is 0.0455. The van der Waals surface area contributed by atoms with Crippen molar-refractivity contribution in [2.24, 2.45) is 0 Å². The number of aromatic nitrogens is 3. The number of amides is 1. The van der Waals surface area contributed by atoms with Crippen molar-refractivity contribution in [1.29, 1.82) is 0 Å². The highest BCUT2D eigenvalue weighted by Gasteiger charge is 2.16. The summed E-state index contributed by atoms with van der Waals surface area (Å²) in [7, 11) is 0. The third-order valence-electron chi connectivity index (χ3n) is 4.01. The van der Waals surface area contributed by atoms with Gasteiger partial charge in [-0.25, -0.2) is 19.7 Å². The van der Waals surface area contributed by atoms with Crippen LogP contribution in [0.4, 0.5) is 5.69 Å². The molecular weight excluding hydrogens is 468 g/mol. The summed E-state index contributed by atoms with van der Waals surface area (Å²) in [4.78, 5) is 38.8. The molecule has 0 aliphatic heterocycles. The van der Waals surface area contributed by atoms with Crippen LogP contribution in [0.1, 0.15) is 10.5 Å². The summed E-state index contributed by atoms with van der Waals surface area (Å²) < 4.78 is 5.11. The van der Waals surface area contributed by atoms with Crippen LogP contribution in [0, 0.1) is 0 Å². The maximum atomic E-state index is 12.4. The highest BCUT2D eigenvalue weighted by atomic mass is 35.5. The molecule has 7 nitrogen and oxygen atoms in total. The van der Waals surface area contributed by atoms with E-state index in [0.29, 0.717) is 21.5 Å². The van der Waals surface area contributed by atoms with Crippen LogP contribution in [-0.2, 0) is 9.53 Å². The minimum Gasteiger partial charge on any atom is -0.451 e. The molecule has 0 aliphatic carbocycles. The largest absolute Gasteiger partial charge is 0.451 e. The molecule has 4 rings (SSSR count). The number of carbonyl (C=O) groups is 2. The van der Waals surface area contributed by atoms with E-state index in [2.05, 4.69) is 20.3 Å². The van der Waals surface area contributed by atoms with Crippen molar-refractivity contribution < 1.29 is 14.3 Å². The second kappa shape index (κ2) is 10.4. The van der Waals surface area contributed by atoms with Gasteiger partial charge in [0.15, 0.2) is 23.1 Å². The number of thiazole rings is 1. The number of rotatable bonds is 7. The Bertz CT molecular complexity index is 1230. The van der Waals surface area contributed by atoms with Crippen molar-refractivity contribution >= 4 is 52.3 Å². The Balaban J connectivity index is 1.35. The quantitative estimate of drug-likeness (QED) is 0.362. The van der Waals surface area contributed by atoms with Crippen LogP contribution in [0.2, 0.25) is 5.02 Å². The number of para-hydroxylation sites is 1. The predicted molar refractivity (Wildman–Crippen MR) is 124 cm³/mol. The zero-order chi connectivity index (χ0) is 22.3. The number of nitrogens with zero attached hydrogens (tertiary/aromatic N) is 3. The molecule has 0 unspecified atom stereocenters. The fourth-order valence-electron chi connectivity index (χ4n) is 2.56. The van der Waals surface area contributed by atoms with Crippen molar-refractivity contribution in [2.75, 3.05) is 11.9 Å². The minimum absolute atomic E-state index is 0.101. The first-order valence-corrected chi connectivity index (χ1v) is 11.4. The molecule has 1 amide bonds. The van der Waals surface area contributed by atoms with Gasteiger partial charge < -0.3 is 10.1 Å². The molecule has 2 heterocycles. The van der Waals surface area contributed by atoms with E-state index >= 15 is 0 Å². The number of benzene rings is 2. The number of nitrogens with one attached hydrogen (secondary N) is 1. The van der Waals surface area contributed by atoms with Gasteiger partial charge in [0.05, 0.1) is 5.69 Å². The number of anilines is 1. The van der Waals surface area contributed by atoms with Gasteiger partial charge in [0.25, 0.3) is 5.91 Å². The number of hydrogen-bond donors (Lipinski definition) is 1. The van der Waals surface area contributed by atoms with Gasteiger partial charge in [-0.1, -0.05) is 35.5 Å². The number of esters is 1. The van der Waals surface area contributed by atoms with Crippen LogP contribution >= 0.6 is 34.7 Å². The normalized spacial score (nSPS) is 10.5. The molecule has 0 radical (unpaired) electrons. The Hall–Kier alpha value is -3.27. The van der Waals surface area contributed by atoms with E-state index in [-0.39, 0.29) is 5.69 Å². The maximum absolute atomic E-state index is 12.4. The molecule has 0 bridgehead atoms. The van der Waals surface area contributed by atoms with E-state index in [1.807, 2.05) is 30.3 Å². The van der Waals surface area contributed by atoms with Crippen molar-refractivity contribution in [3.63, 3.8) is 0 Å². The van der Waals surface area contributed by atoms with E-state index in [1.54, 1.807) is 42.0 Å². The summed E-state index contributed by atoms with van der Waals surface area (Å²) in [5, 5.41) is 5.47. The zero-order valence-corrected chi connectivity index (χ0v) is 18.8. The van der Waals surface area contributed by atoms with E-state index in [9.17, 15) is 9.59 Å². The summed E-state index contributed by atoms with van der Waals surface area (Å²) >= 11 is 8.64.